The van der Waals surface area contributed by atoms with Crippen molar-refractivity contribution >= 4 is 44.7 Å². The summed E-state index contributed by atoms with van der Waals surface area (Å²) in [6.45, 7) is 0.448. The monoisotopic (exact) mass is 514 g/mol. The Labute approximate surface area is 206 Å². The Kier molecular flexibility index (Phi) is 5.33. The van der Waals surface area contributed by atoms with Gasteiger partial charge in [-0.3, -0.25) is 9.59 Å². The van der Waals surface area contributed by atoms with Crippen LogP contribution in [0.4, 0.5) is 0 Å². The van der Waals surface area contributed by atoms with Gasteiger partial charge in [-0.15, -0.1) is 0 Å². The van der Waals surface area contributed by atoms with Gasteiger partial charge in [0.25, 0.3) is 11.8 Å². The molecule has 4 aliphatic rings. The third-order valence-electron chi connectivity index (χ3n) is 7.28. The van der Waals surface area contributed by atoms with E-state index in [1.165, 1.54) is 10.8 Å². The molecule has 1 saturated carbocycles. The Morgan fingerprint density at radius 2 is 1.65 bits per heavy atom. The normalized spacial score (nSPS) is 25.5. The molecule has 1 aliphatic heterocycles. The van der Waals surface area contributed by atoms with E-state index in [9.17, 15) is 9.59 Å². The van der Waals surface area contributed by atoms with Crippen molar-refractivity contribution in [1.82, 2.24) is 5.01 Å². The molecule has 3 aromatic carbocycles. The van der Waals surface area contributed by atoms with Crippen molar-refractivity contribution in [2.24, 2.45) is 28.8 Å². The minimum atomic E-state index is -0.245. The van der Waals surface area contributed by atoms with Crippen molar-refractivity contribution in [3.63, 3.8) is 0 Å². The number of rotatable bonds is 5. The van der Waals surface area contributed by atoms with Crippen molar-refractivity contribution < 1.29 is 14.3 Å². The number of carbonyl (C=O) groups is 2. The third-order valence-corrected chi connectivity index (χ3v) is 7.90. The van der Waals surface area contributed by atoms with E-state index in [0.717, 1.165) is 33.5 Å². The van der Waals surface area contributed by atoms with Crippen LogP contribution in [0.5, 0.6) is 5.75 Å². The number of fused-ring (bicyclic) bond motifs is 2. The van der Waals surface area contributed by atoms with Crippen LogP contribution < -0.4 is 4.74 Å². The van der Waals surface area contributed by atoms with Gasteiger partial charge in [-0.1, -0.05) is 54.6 Å². The Morgan fingerprint density at radius 3 is 2.35 bits per heavy atom. The summed E-state index contributed by atoms with van der Waals surface area (Å²) in [5, 5.41) is 7.74. The number of imide groups is 1. The maximum absolute atomic E-state index is 12.9. The topological polar surface area (TPSA) is 59.0 Å². The highest BCUT2D eigenvalue weighted by Gasteiger charge is 2.56. The van der Waals surface area contributed by atoms with E-state index in [4.69, 9.17) is 4.74 Å². The summed E-state index contributed by atoms with van der Waals surface area (Å²) in [6, 6.07) is 20.1. The number of benzene rings is 3. The van der Waals surface area contributed by atoms with Gasteiger partial charge in [0.1, 0.15) is 12.4 Å². The molecule has 1 saturated heterocycles. The number of allylic oxidation sites excluding steroid dienone is 2. The lowest BCUT2D eigenvalue weighted by molar-refractivity contribution is -0.140. The fourth-order valence-corrected chi connectivity index (χ4v) is 6.10. The van der Waals surface area contributed by atoms with Crippen molar-refractivity contribution in [1.29, 1.82) is 0 Å². The smallest absolute Gasteiger partial charge is 0.254 e. The Bertz CT molecular complexity index is 1330. The van der Waals surface area contributed by atoms with E-state index in [1.807, 2.05) is 36.4 Å². The first-order chi connectivity index (χ1) is 16.6. The molecule has 170 valence electrons. The zero-order valence-corrected chi connectivity index (χ0v) is 20.0. The van der Waals surface area contributed by atoms with Crippen LogP contribution >= 0.6 is 15.9 Å². The van der Waals surface area contributed by atoms with Gasteiger partial charge in [0.05, 0.1) is 22.5 Å². The molecule has 0 unspecified atom stereocenters. The SMILES string of the molecule is O=C1[C@@H]2[C@H](C(=O)N1/N=C\c1ccc(OCc3cccc4ccccc34)c(Br)c1)[C@H]1C=C[C@H]2CC1. The van der Waals surface area contributed by atoms with Crippen molar-refractivity contribution in [3.8, 4) is 5.75 Å². The first-order valence-electron chi connectivity index (χ1n) is 11.6. The number of nitrogens with zero attached hydrogens (tertiary/aromatic N) is 2. The molecule has 0 N–H and O–H groups in total. The molecule has 3 aliphatic carbocycles. The number of amides is 2. The number of halogens is 1. The summed E-state index contributed by atoms with van der Waals surface area (Å²) in [7, 11) is 0. The second-order valence-electron chi connectivity index (χ2n) is 9.19. The number of carbonyl (C=O) groups excluding carboxylic acids is 2. The number of hydrogen-bond donors (Lipinski definition) is 0. The molecule has 2 bridgehead atoms. The van der Waals surface area contributed by atoms with Gasteiger partial charge in [-0.2, -0.15) is 10.1 Å². The van der Waals surface area contributed by atoms with E-state index in [-0.39, 0.29) is 35.5 Å². The minimum absolute atomic E-state index is 0.166. The molecule has 2 amide bonds. The quantitative estimate of drug-likeness (QED) is 0.249. The molecule has 2 fully saturated rings. The first kappa shape index (κ1) is 21.3. The van der Waals surface area contributed by atoms with Crippen molar-refractivity contribution in [2.45, 2.75) is 19.4 Å². The van der Waals surface area contributed by atoms with Gasteiger partial charge in [-0.25, -0.2) is 0 Å². The molecule has 7 rings (SSSR count). The lowest BCUT2D eigenvalue weighted by Crippen LogP contribution is -2.38. The minimum Gasteiger partial charge on any atom is -0.488 e. The standard InChI is InChI=1S/C28H23BrN2O3/c29-23-14-17(8-13-24(23)34-16-21-6-3-5-18-4-1-2-7-22(18)21)15-30-31-27(32)25-19-9-10-20(12-11-19)26(25)28(31)33/h1-10,13-15,19-20,25-26H,11-12,16H2/b30-15-/t19-,20-,25-,26+/m0/s1. The zero-order valence-electron chi connectivity index (χ0n) is 18.4. The molecular weight excluding hydrogens is 492 g/mol. The van der Waals surface area contributed by atoms with Gasteiger partial charge in [0.15, 0.2) is 0 Å². The molecule has 0 aromatic heterocycles. The molecule has 1 heterocycles. The summed E-state index contributed by atoms with van der Waals surface area (Å²) in [5.41, 5.74) is 1.90. The fourth-order valence-electron chi connectivity index (χ4n) is 5.58. The number of ether oxygens (including phenoxy) is 1. The second kappa shape index (κ2) is 8.51. The average molecular weight is 515 g/mol. The van der Waals surface area contributed by atoms with Gasteiger partial charge in [0.2, 0.25) is 0 Å². The fraction of sp³-hybridized carbons (Fsp3) is 0.250. The van der Waals surface area contributed by atoms with Crippen molar-refractivity contribution in [3.05, 3.63) is 88.4 Å². The summed E-state index contributed by atoms with van der Waals surface area (Å²) in [4.78, 5) is 25.8. The van der Waals surface area contributed by atoms with E-state index in [2.05, 4.69) is 57.4 Å². The zero-order chi connectivity index (χ0) is 23.2. The summed E-state index contributed by atoms with van der Waals surface area (Å²) in [5.74, 6) is 0.221. The maximum Gasteiger partial charge on any atom is 0.254 e. The molecule has 6 heteroatoms. The van der Waals surface area contributed by atoms with Gasteiger partial charge in [0, 0.05) is 0 Å². The molecule has 4 atom stereocenters. The van der Waals surface area contributed by atoms with Crippen LogP contribution in [0.1, 0.15) is 24.0 Å². The predicted molar refractivity (Wildman–Crippen MR) is 134 cm³/mol. The highest BCUT2D eigenvalue weighted by molar-refractivity contribution is 9.10. The van der Waals surface area contributed by atoms with Gasteiger partial charge < -0.3 is 4.74 Å². The third kappa shape index (κ3) is 3.57. The van der Waals surface area contributed by atoms with E-state index >= 15 is 0 Å². The Morgan fingerprint density at radius 1 is 0.941 bits per heavy atom. The average Bonchev–Trinajstić information content (AvgIpc) is 3.14. The largest absolute Gasteiger partial charge is 0.488 e. The van der Waals surface area contributed by atoms with Crippen LogP contribution in [0.2, 0.25) is 0 Å². The number of hydrazone groups is 1. The molecule has 0 radical (unpaired) electrons. The van der Waals surface area contributed by atoms with E-state index in [0.29, 0.717) is 12.4 Å². The van der Waals surface area contributed by atoms with Crippen LogP contribution in [0, 0.1) is 23.7 Å². The second-order valence-corrected chi connectivity index (χ2v) is 10.0. The maximum atomic E-state index is 12.9. The molecule has 5 nitrogen and oxygen atoms in total. The van der Waals surface area contributed by atoms with Crippen LogP contribution in [-0.2, 0) is 16.2 Å². The van der Waals surface area contributed by atoms with E-state index in [1.54, 1.807) is 6.21 Å². The van der Waals surface area contributed by atoms with Crippen molar-refractivity contribution in [2.75, 3.05) is 0 Å². The van der Waals surface area contributed by atoms with E-state index < -0.39 is 0 Å². The van der Waals surface area contributed by atoms with Crippen LogP contribution in [-0.4, -0.2) is 23.0 Å². The Hall–Kier alpha value is -3.25. The number of hydrogen-bond acceptors (Lipinski definition) is 4. The first-order valence-corrected chi connectivity index (χ1v) is 12.4. The van der Waals surface area contributed by atoms with Crippen LogP contribution in [0.25, 0.3) is 10.8 Å². The van der Waals surface area contributed by atoms with Gasteiger partial charge in [-0.05, 0) is 80.7 Å². The highest BCUT2D eigenvalue weighted by Crippen LogP contribution is 2.49. The molecule has 0 spiro atoms. The molecule has 34 heavy (non-hydrogen) atoms. The lowest BCUT2D eigenvalue weighted by Gasteiger charge is -2.37. The molecular formula is C28H23BrN2O3. The summed E-state index contributed by atoms with van der Waals surface area (Å²) >= 11 is 3.58. The summed E-state index contributed by atoms with van der Waals surface area (Å²) in [6.07, 6.45) is 7.75. The Balaban J connectivity index is 1.16. The lowest BCUT2D eigenvalue weighted by atomic mass is 9.63. The van der Waals surface area contributed by atoms with Crippen LogP contribution in [0.3, 0.4) is 0 Å². The van der Waals surface area contributed by atoms with Gasteiger partial charge >= 0.3 is 0 Å². The predicted octanol–water partition coefficient (Wildman–Crippen LogP) is 5.71. The molecule has 3 aromatic rings. The highest BCUT2D eigenvalue weighted by atomic mass is 79.9. The van der Waals surface area contributed by atoms with Crippen LogP contribution in [0.15, 0.2) is 82.4 Å². The summed E-state index contributed by atoms with van der Waals surface area (Å²) < 4.78 is 6.86.